The Kier molecular flexibility index (Phi) is 4.25. The lowest BCUT2D eigenvalue weighted by molar-refractivity contribution is 0.0698. The van der Waals surface area contributed by atoms with Crippen LogP contribution in [0.4, 0.5) is 5.69 Å². The summed E-state index contributed by atoms with van der Waals surface area (Å²) in [7, 11) is 0. The van der Waals surface area contributed by atoms with Crippen molar-refractivity contribution in [1.29, 1.82) is 0 Å². The number of hydrogen-bond donors (Lipinski definition) is 2. The summed E-state index contributed by atoms with van der Waals surface area (Å²) in [5.74, 6) is -1.38. The van der Waals surface area contributed by atoms with Crippen LogP contribution in [-0.4, -0.2) is 17.0 Å². The van der Waals surface area contributed by atoms with E-state index >= 15 is 0 Å². The molecule has 1 heterocycles. The molecule has 0 aliphatic carbocycles. The highest BCUT2D eigenvalue weighted by molar-refractivity contribution is 9.10. The van der Waals surface area contributed by atoms with Gasteiger partial charge in [-0.25, -0.2) is 4.79 Å². The average molecular weight is 354 g/mol. The number of hydrogen-bond acceptors (Lipinski definition) is 3. The highest BCUT2D eigenvalue weighted by Crippen LogP contribution is 2.24. The van der Waals surface area contributed by atoms with Crippen LogP contribution in [0, 0.1) is 13.8 Å². The maximum absolute atomic E-state index is 12.2. The van der Waals surface area contributed by atoms with Gasteiger partial charge in [0.15, 0.2) is 0 Å². The van der Waals surface area contributed by atoms with E-state index in [0.29, 0.717) is 10.0 Å². The molecule has 1 aromatic carbocycles. The first-order valence-corrected chi connectivity index (χ1v) is 7.40. The van der Waals surface area contributed by atoms with Crippen molar-refractivity contribution in [1.82, 2.24) is 0 Å². The third-order valence-corrected chi connectivity index (χ3v) is 4.21. The van der Waals surface area contributed by atoms with Crippen LogP contribution in [0.15, 0.2) is 28.7 Å². The summed E-state index contributed by atoms with van der Waals surface area (Å²) in [6.45, 7) is 3.79. The van der Waals surface area contributed by atoms with Gasteiger partial charge in [0.1, 0.15) is 0 Å². The summed E-state index contributed by atoms with van der Waals surface area (Å²) in [5, 5.41) is 11.8. The van der Waals surface area contributed by atoms with Gasteiger partial charge in [-0.2, -0.15) is 0 Å². The van der Waals surface area contributed by atoms with Crippen molar-refractivity contribution in [2.75, 3.05) is 5.32 Å². The molecule has 0 aliphatic rings. The Morgan fingerprint density at radius 3 is 2.45 bits per heavy atom. The zero-order valence-corrected chi connectivity index (χ0v) is 13.3. The summed E-state index contributed by atoms with van der Waals surface area (Å²) in [4.78, 5) is 25.3. The van der Waals surface area contributed by atoms with E-state index in [9.17, 15) is 9.59 Å². The molecule has 0 bridgehead atoms. The van der Waals surface area contributed by atoms with Crippen molar-refractivity contribution in [3.05, 3.63) is 49.6 Å². The first kappa shape index (κ1) is 14.7. The normalized spacial score (nSPS) is 10.3. The summed E-state index contributed by atoms with van der Waals surface area (Å²) in [6.07, 6.45) is 0. The first-order valence-electron chi connectivity index (χ1n) is 5.79. The Hall–Kier alpha value is -1.66. The number of halogens is 1. The van der Waals surface area contributed by atoms with Crippen molar-refractivity contribution < 1.29 is 14.7 Å². The van der Waals surface area contributed by atoms with E-state index in [1.54, 1.807) is 18.2 Å². The van der Waals surface area contributed by atoms with E-state index in [-0.39, 0.29) is 17.2 Å². The van der Waals surface area contributed by atoms with Crippen molar-refractivity contribution in [3.63, 3.8) is 0 Å². The summed E-state index contributed by atoms with van der Waals surface area (Å²) >= 11 is 4.75. The molecule has 0 radical (unpaired) electrons. The summed E-state index contributed by atoms with van der Waals surface area (Å²) < 4.78 is 0.649. The van der Waals surface area contributed by atoms with E-state index in [2.05, 4.69) is 21.2 Å². The number of rotatable bonds is 3. The molecule has 0 aliphatic heterocycles. The van der Waals surface area contributed by atoms with Gasteiger partial charge in [-0.05, 0) is 38.1 Å². The maximum Gasteiger partial charge on any atom is 0.337 e. The minimum atomic E-state index is -1.08. The number of thiophene rings is 1. The average Bonchev–Trinajstić information content (AvgIpc) is 2.70. The van der Waals surface area contributed by atoms with Crippen LogP contribution in [0.25, 0.3) is 0 Å². The van der Waals surface area contributed by atoms with Crippen LogP contribution in [0.3, 0.4) is 0 Å². The van der Waals surface area contributed by atoms with Crippen molar-refractivity contribution in [3.8, 4) is 0 Å². The zero-order valence-electron chi connectivity index (χ0n) is 10.9. The molecule has 2 rings (SSSR count). The van der Waals surface area contributed by atoms with Crippen LogP contribution < -0.4 is 5.32 Å². The van der Waals surface area contributed by atoms with Crippen molar-refractivity contribution >= 4 is 44.8 Å². The molecular weight excluding hydrogens is 342 g/mol. The fourth-order valence-electron chi connectivity index (χ4n) is 1.85. The van der Waals surface area contributed by atoms with Gasteiger partial charge in [0.25, 0.3) is 5.91 Å². The number of amides is 1. The quantitative estimate of drug-likeness (QED) is 0.873. The molecular formula is C14H12BrNO3S. The summed E-state index contributed by atoms with van der Waals surface area (Å²) in [6, 6.07) is 6.52. The Balaban J connectivity index is 2.33. The van der Waals surface area contributed by atoms with E-state index in [4.69, 9.17) is 5.11 Å². The Morgan fingerprint density at radius 2 is 1.90 bits per heavy atom. The molecule has 0 unspecified atom stereocenters. The molecule has 0 saturated heterocycles. The highest BCUT2D eigenvalue weighted by atomic mass is 79.9. The van der Waals surface area contributed by atoms with Gasteiger partial charge < -0.3 is 10.4 Å². The number of anilines is 1. The second-order valence-electron chi connectivity index (χ2n) is 4.28. The van der Waals surface area contributed by atoms with Gasteiger partial charge in [0.2, 0.25) is 0 Å². The zero-order chi connectivity index (χ0) is 14.9. The van der Waals surface area contributed by atoms with Crippen molar-refractivity contribution in [2.24, 2.45) is 0 Å². The third kappa shape index (κ3) is 3.08. The molecule has 1 aromatic heterocycles. The number of aryl methyl sites for hydroxylation is 2. The maximum atomic E-state index is 12.2. The van der Waals surface area contributed by atoms with Crippen LogP contribution in [0.2, 0.25) is 0 Å². The molecule has 2 N–H and O–H groups in total. The van der Waals surface area contributed by atoms with Gasteiger partial charge in [-0.3, -0.25) is 4.79 Å². The molecule has 6 heteroatoms. The Labute approximate surface area is 128 Å². The minimum absolute atomic E-state index is 0.0531. The topological polar surface area (TPSA) is 66.4 Å². The number of carbonyl (C=O) groups is 2. The van der Waals surface area contributed by atoms with Gasteiger partial charge in [-0.1, -0.05) is 15.9 Å². The lowest BCUT2D eigenvalue weighted by Crippen LogP contribution is -2.15. The number of carboxylic acids is 1. The van der Waals surface area contributed by atoms with E-state index in [1.807, 2.05) is 13.8 Å². The fraction of sp³-hybridized carbons (Fsp3) is 0.143. The predicted molar refractivity (Wildman–Crippen MR) is 82.8 cm³/mol. The standard InChI is InChI=1S/C14H12BrNO3S/c1-7-5-10(8(2)20-7)13(17)16-12-4-3-9(15)6-11(12)14(18)19/h3-6H,1-2H3,(H,16,17)(H,18,19). The van der Waals surface area contributed by atoms with Gasteiger partial charge in [0, 0.05) is 14.2 Å². The molecule has 0 saturated carbocycles. The number of carbonyl (C=O) groups excluding carboxylic acids is 1. The summed E-state index contributed by atoms with van der Waals surface area (Å²) in [5.41, 5.74) is 0.915. The second-order valence-corrected chi connectivity index (χ2v) is 6.65. The first-order chi connectivity index (χ1) is 9.38. The van der Waals surface area contributed by atoms with Crippen LogP contribution >= 0.6 is 27.3 Å². The SMILES string of the molecule is Cc1cc(C(=O)Nc2ccc(Br)cc2C(=O)O)c(C)s1. The van der Waals surface area contributed by atoms with Gasteiger partial charge >= 0.3 is 5.97 Å². The van der Waals surface area contributed by atoms with E-state index < -0.39 is 5.97 Å². The lowest BCUT2D eigenvalue weighted by atomic mass is 10.1. The number of aromatic carboxylic acids is 1. The molecule has 2 aromatic rings. The fourth-order valence-corrected chi connectivity index (χ4v) is 3.13. The number of carboxylic acid groups (broad SMARTS) is 1. The molecule has 1 amide bonds. The van der Waals surface area contributed by atoms with E-state index in [0.717, 1.165) is 9.75 Å². The van der Waals surface area contributed by atoms with Crippen LogP contribution in [0.1, 0.15) is 30.5 Å². The van der Waals surface area contributed by atoms with Crippen LogP contribution in [0.5, 0.6) is 0 Å². The third-order valence-electron chi connectivity index (χ3n) is 2.75. The highest BCUT2D eigenvalue weighted by Gasteiger charge is 2.16. The molecule has 0 spiro atoms. The van der Waals surface area contributed by atoms with E-state index in [1.165, 1.54) is 17.4 Å². The van der Waals surface area contributed by atoms with Gasteiger partial charge in [0.05, 0.1) is 16.8 Å². The van der Waals surface area contributed by atoms with Gasteiger partial charge in [-0.15, -0.1) is 11.3 Å². The largest absolute Gasteiger partial charge is 0.478 e. The number of benzene rings is 1. The molecule has 104 valence electrons. The Morgan fingerprint density at radius 1 is 1.20 bits per heavy atom. The monoisotopic (exact) mass is 353 g/mol. The van der Waals surface area contributed by atoms with Crippen LogP contribution in [-0.2, 0) is 0 Å². The molecule has 4 nitrogen and oxygen atoms in total. The minimum Gasteiger partial charge on any atom is -0.478 e. The molecule has 20 heavy (non-hydrogen) atoms. The second kappa shape index (κ2) is 5.76. The smallest absolute Gasteiger partial charge is 0.337 e. The Bertz CT molecular complexity index is 694. The molecule has 0 fully saturated rings. The lowest BCUT2D eigenvalue weighted by Gasteiger charge is -2.08. The number of nitrogens with one attached hydrogen (secondary N) is 1. The molecule has 0 atom stereocenters. The predicted octanol–water partition coefficient (Wildman–Crippen LogP) is 4.08. The van der Waals surface area contributed by atoms with Crippen molar-refractivity contribution in [2.45, 2.75) is 13.8 Å².